The fourth-order valence-corrected chi connectivity index (χ4v) is 2.83. The van der Waals surface area contributed by atoms with Crippen LogP contribution in [0.4, 0.5) is 5.69 Å². The van der Waals surface area contributed by atoms with E-state index in [1.54, 1.807) is 18.2 Å². The number of anilines is 1. The molecule has 1 atom stereocenters. The van der Waals surface area contributed by atoms with Crippen molar-refractivity contribution in [3.63, 3.8) is 0 Å². The van der Waals surface area contributed by atoms with Crippen molar-refractivity contribution in [2.45, 2.75) is 13.0 Å². The molecule has 2 aromatic rings. The summed E-state index contributed by atoms with van der Waals surface area (Å²) in [6, 6.07) is 13.6. The van der Waals surface area contributed by atoms with Crippen LogP contribution in [0, 0.1) is 0 Å². The summed E-state index contributed by atoms with van der Waals surface area (Å²) in [5, 5.41) is 9.53. The molecule has 2 rings (SSSR count). The van der Waals surface area contributed by atoms with E-state index < -0.39 is 6.04 Å². The molecule has 2 amide bonds. The highest BCUT2D eigenvalue weighted by molar-refractivity contribution is 6.35. The molecule has 0 radical (unpaired) electrons. The fourth-order valence-electron chi connectivity index (χ4n) is 2.30. The number of carbonyl (C=O) groups excluding carboxylic acids is 2. The van der Waals surface area contributed by atoms with Crippen molar-refractivity contribution in [3.05, 3.63) is 64.1 Å². The molecule has 3 N–H and O–H groups in total. The molecule has 0 saturated carbocycles. The summed E-state index contributed by atoms with van der Waals surface area (Å²) in [7, 11) is 0. The Morgan fingerprint density at radius 1 is 1.00 bits per heavy atom. The molecule has 0 heterocycles. The molecule has 0 spiro atoms. The van der Waals surface area contributed by atoms with E-state index in [2.05, 4.69) is 16.0 Å². The van der Waals surface area contributed by atoms with Gasteiger partial charge < -0.3 is 16.0 Å². The van der Waals surface area contributed by atoms with Gasteiger partial charge in [-0.3, -0.25) is 9.59 Å². The second kappa shape index (κ2) is 9.42. The number of amides is 2. The zero-order chi connectivity index (χ0) is 18.2. The van der Waals surface area contributed by atoms with Crippen LogP contribution in [-0.4, -0.2) is 24.9 Å². The molecule has 0 aliphatic heterocycles. The van der Waals surface area contributed by atoms with Gasteiger partial charge in [0.2, 0.25) is 11.8 Å². The molecule has 7 heteroatoms. The van der Waals surface area contributed by atoms with Gasteiger partial charge >= 0.3 is 0 Å². The van der Waals surface area contributed by atoms with E-state index in [9.17, 15) is 9.59 Å². The molecule has 0 aliphatic rings. The lowest BCUT2D eigenvalue weighted by atomic mass is 10.1. The Morgan fingerprint density at radius 3 is 2.24 bits per heavy atom. The molecule has 0 aliphatic carbocycles. The monoisotopic (exact) mass is 379 g/mol. The maximum absolute atomic E-state index is 12.7. The average molecular weight is 380 g/mol. The van der Waals surface area contributed by atoms with E-state index in [0.29, 0.717) is 28.8 Å². The van der Waals surface area contributed by atoms with Crippen molar-refractivity contribution in [3.8, 4) is 0 Å². The molecule has 0 aromatic heterocycles. The van der Waals surface area contributed by atoms with Crippen molar-refractivity contribution in [2.24, 2.45) is 0 Å². The lowest BCUT2D eigenvalue weighted by Gasteiger charge is -2.19. The van der Waals surface area contributed by atoms with Crippen molar-refractivity contribution in [1.82, 2.24) is 10.6 Å². The third-order valence-corrected chi connectivity index (χ3v) is 3.81. The van der Waals surface area contributed by atoms with Crippen molar-refractivity contribution in [2.75, 3.05) is 18.4 Å². The summed E-state index contributed by atoms with van der Waals surface area (Å²) < 4.78 is 0. The van der Waals surface area contributed by atoms with Gasteiger partial charge in [-0.25, -0.2) is 0 Å². The minimum Gasteiger partial charge on any atom is -0.355 e. The van der Waals surface area contributed by atoms with Crippen LogP contribution in [0.25, 0.3) is 0 Å². The molecule has 0 unspecified atom stereocenters. The number of carbonyl (C=O) groups is 2. The summed E-state index contributed by atoms with van der Waals surface area (Å²) >= 11 is 11.9. The third-order valence-electron chi connectivity index (χ3n) is 3.37. The lowest BCUT2D eigenvalue weighted by molar-refractivity contribution is -0.119. The maximum atomic E-state index is 12.7. The summed E-state index contributed by atoms with van der Waals surface area (Å²) in [5.74, 6) is -0.358. The molecule has 25 heavy (non-hydrogen) atoms. The SMILES string of the molecule is CC(=O)NCCN[C@H](C(=O)Nc1cc(Cl)cc(Cl)c1)c1ccccc1. The second-order valence-corrected chi connectivity index (χ2v) is 6.30. The zero-order valence-corrected chi connectivity index (χ0v) is 15.2. The van der Waals surface area contributed by atoms with E-state index in [0.717, 1.165) is 5.56 Å². The maximum Gasteiger partial charge on any atom is 0.246 e. The first-order valence-electron chi connectivity index (χ1n) is 7.75. The predicted molar refractivity (Wildman–Crippen MR) is 101 cm³/mol. The molecule has 2 aromatic carbocycles. The largest absolute Gasteiger partial charge is 0.355 e. The molecule has 0 fully saturated rings. The van der Waals surface area contributed by atoms with Crippen LogP contribution in [0.3, 0.4) is 0 Å². The Labute approximate surface area is 156 Å². The van der Waals surface area contributed by atoms with Gasteiger partial charge in [0.1, 0.15) is 6.04 Å². The molecular formula is C18H19Cl2N3O2. The van der Waals surface area contributed by atoms with E-state index in [1.165, 1.54) is 6.92 Å². The Hall–Kier alpha value is -2.08. The second-order valence-electron chi connectivity index (χ2n) is 5.43. The van der Waals surface area contributed by atoms with E-state index >= 15 is 0 Å². The summed E-state index contributed by atoms with van der Waals surface area (Å²) in [4.78, 5) is 23.7. The first kappa shape index (κ1) is 19.2. The van der Waals surface area contributed by atoms with Crippen LogP contribution in [0.5, 0.6) is 0 Å². The number of nitrogens with one attached hydrogen (secondary N) is 3. The molecule has 132 valence electrons. The minimum atomic E-state index is -0.576. The smallest absolute Gasteiger partial charge is 0.246 e. The van der Waals surface area contributed by atoms with Gasteiger partial charge in [-0.05, 0) is 23.8 Å². The first-order chi connectivity index (χ1) is 12.0. The highest BCUT2D eigenvalue weighted by Crippen LogP contribution is 2.23. The quantitative estimate of drug-likeness (QED) is 0.645. The van der Waals surface area contributed by atoms with E-state index in [4.69, 9.17) is 23.2 Å². The van der Waals surface area contributed by atoms with Crippen LogP contribution >= 0.6 is 23.2 Å². The minimum absolute atomic E-state index is 0.115. The van der Waals surface area contributed by atoms with Crippen molar-refractivity contribution in [1.29, 1.82) is 0 Å². The van der Waals surface area contributed by atoms with Gasteiger partial charge in [0.25, 0.3) is 0 Å². The Balaban J connectivity index is 2.10. The highest BCUT2D eigenvalue weighted by Gasteiger charge is 2.20. The number of hydrogen-bond acceptors (Lipinski definition) is 3. The summed E-state index contributed by atoms with van der Waals surface area (Å²) in [6.07, 6.45) is 0. The van der Waals surface area contributed by atoms with Crippen LogP contribution in [0.2, 0.25) is 10.0 Å². The van der Waals surface area contributed by atoms with Gasteiger partial charge in [0.05, 0.1) is 0 Å². The van der Waals surface area contributed by atoms with E-state index in [1.807, 2.05) is 30.3 Å². The molecule has 5 nitrogen and oxygen atoms in total. The molecular weight excluding hydrogens is 361 g/mol. The number of benzene rings is 2. The Bertz CT molecular complexity index is 718. The predicted octanol–water partition coefficient (Wildman–Crippen LogP) is 3.40. The fraction of sp³-hybridized carbons (Fsp3) is 0.222. The van der Waals surface area contributed by atoms with Gasteiger partial charge in [-0.2, -0.15) is 0 Å². The third kappa shape index (κ3) is 6.38. The highest BCUT2D eigenvalue weighted by atomic mass is 35.5. The number of halogens is 2. The topological polar surface area (TPSA) is 70.2 Å². The standard InChI is InChI=1S/C18H19Cl2N3O2/c1-12(24)21-7-8-22-17(13-5-3-2-4-6-13)18(25)23-16-10-14(19)9-15(20)11-16/h2-6,9-11,17,22H,7-8H2,1H3,(H,21,24)(H,23,25)/t17-/m0/s1. The zero-order valence-electron chi connectivity index (χ0n) is 13.7. The van der Waals surface area contributed by atoms with E-state index in [-0.39, 0.29) is 11.8 Å². The summed E-state index contributed by atoms with van der Waals surface area (Å²) in [5.41, 5.74) is 1.34. The van der Waals surface area contributed by atoms with Gasteiger partial charge in [-0.15, -0.1) is 0 Å². The van der Waals surface area contributed by atoms with Crippen molar-refractivity contribution < 1.29 is 9.59 Å². The van der Waals surface area contributed by atoms with Crippen LogP contribution in [-0.2, 0) is 9.59 Å². The number of hydrogen-bond donors (Lipinski definition) is 3. The van der Waals surface area contributed by atoms with Gasteiger partial charge in [0.15, 0.2) is 0 Å². The molecule has 0 bridgehead atoms. The Kier molecular flexibility index (Phi) is 7.25. The van der Waals surface area contributed by atoms with Crippen molar-refractivity contribution >= 4 is 40.7 Å². The summed E-state index contributed by atoms with van der Waals surface area (Å²) in [6.45, 7) is 2.32. The molecule has 0 saturated heterocycles. The number of rotatable bonds is 7. The van der Waals surface area contributed by atoms with Crippen LogP contribution in [0.15, 0.2) is 48.5 Å². The van der Waals surface area contributed by atoms with Crippen LogP contribution < -0.4 is 16.0 Å². The lowest BCUT2D eigenvalue weighted by Crippen LogP contribution is -2.37. The average Bonchev–Trinajstić information content (AvgIpc) is 2.54. The normalized spacial score (nSPS) is 11.6. The van der Waals surface area contributed by atoms with Crippen LogP contribution in [0.1, 0.15) is 18.5 Å². The first-order valence-corrected chi connectivity index (χ1v) is 8.51. The van der Waals surface area contributed by atoms with Gasteiger partial charge in [-0.1, -0.05) is 53.5 Å². The Morgan fingerprint density at radius 2 is 1.64 bits per heavy atom. The van der Waals surface area contributed by atoms with Gasteiger partial charge in [0, 0.05) is 35.7 Å².